The first-order valence-corrected chi connectivity index (χ1v) is 4.85. The van der Waals surface area contributed by atoms with Crippen molar-refractivity contribution >= 4 is 29.2 Å². The van der Waals surface area contributed by atoms with Gasteiger partial charge in [-0.2, -0.15) is 0 Å². The standard InChI is InChI=1S/C10H10Cl2O2/c1-6-5-7(11)3-4-8(6)9(12)10(13)14-2/h3-5,9H,1-2H3. The summed E-state index contributed by atoms with van der Waals surface area (Å²) in [6.07, 6.45) is 0. The zero-order valence-electron chi connectivity index (χ0n) is 7.88. The molecule has 1 rings (SSSR count). The van der Waals surface area contributed by atoms with E-state index >= 15 is 0 Å². The van der Waals surface area contributed by atoms with Crippen LogP contribution in [0.5, 0.6) is 0 Å². The van der Waals surface area contributed by atoms with Gasteiger partial charge in [0, 0.05) is 5.02 Å². The van der Waals surface area contributed by atoms with E-state index in [0.717, 1.165) is 11.1 Å². The molecule has 1 unspecified atom stereocenters. The SMILES string of the molecule is COC(=O)C(Cl)c1ccc(Cl)cc1C. The van der Waals surface area contributed by atoms with Crippen LogP contribution in [0.4, 0.5) is 0 Å². The highest BCUT2D eigenvalue weighted by Gasteiger charge is 2.19. The fourth-order valence-electron chi connectivity index (χ4n) is 1.15. The average molecular weight is 233 g/mol. The van der Waals surface area contributed by atoms with Crippen LogP contribution in [0.2, 0.25) is 5.02 Å². The van der Waals surface area contributed by atoms with E-state index < -0.39 is 11.3 Å². The van der Waals surface area contributed by atoms with Crippen LogP contribution in [0.3, 0.4) is 0 Å². The van der Waals surface area contributed by atoms with Crippen molar-refractivity contribution in [2.75, 3.05) is 7.11 Å². The molecule has 0 aliphatic carbocycles. The van der Waals surface area contributed by atoms with Crippen molar-refractivity contribution < 1.29 is 9.53 Å². The minimum absolute atomic E-state index is 0.461. The Morgan fingerprint density at radius 2 is 2.14 bits per heavy atom. The fourth-order valence-corrected chi connectivity index (χ4v) is 1.71. The Kier molecular flexibility index (Phi) is 3.78. The molecule has 1 aromatic carbocycles. The summed E-state index contributed by atoms with van der Waals surface area (Å²) in [5, 5.41) is -0.141. The number of methoxy groups -OCH3 is 1. The molecule has 0 aliphatic heterocycles. The van der Waals surface area contributed by atoms with Crippen LogP contribution >= 0.6 is 23.2 Å². The minimum Gasteiger partial charge on any atom is -0.468 e. The summed E-state index contributed by atoms with van der Waals surface area (Å²) >= 11 is 11.7. The number of hydrogen-bond acceptors (Lipinski definition) is 2. The lowest BCUT2D eigenvalue weighted by molar-refractivity contribution is -0.140. The Labute approximate surface area is 92.8 Å². The molecular weight excluding hydrogens is 223 g/mol. The van der Waals surface area contributed by atoms with E-state index in [4.69, 9.17) is 23.2 Å². The Hall–Kier alpha value is -0.730. The van der Waals surface area contributed by atoms with Gasteiger partial charge in [0.2, 0.25) is 0 Å². The summed E-state index contributed by atoms with van der Waals surface area (Å²) in [6, 6.07) is 5.18. The molecule has 1 aromatic rings. The van der Waals surface area contributed by atoms with Crippen LogP contribution in [0.15, 0.2) is 18.2 Å². The molecule has 4 heteroatoms. The van der Waals surface area contributed by atoms with E-state index in [2.05, 4.69) is 4.74 Å². The summed E-state index contributed by atoms with van der Waals surface area (Å²) in [7, 11) is 1.31. The van der Waals surface area contributed by atoms with Crippen LogP contribution in [-0.4, -0.2) is 13.1 Å². The van der Waals surface area contributed by atoms with Crippen LogP contribution in [-0.2, 0) is 9.53 Å². The smallest absolute Gasteiger partial charge is 0.328 e. The molecule has 0 amide bonds. The molecule has 0 fully saturated rings. The minimum atomic E-state index is -0.766. The first-order chi connectivity index (χ1) is 6.56. The van der Waals surface area contributed by atoms with Gasteiger partial charge in [-0.15, -0.1) is 11.6 Å². The van der Waals surface area contributed by atoms with Gasteiger partial charge in [0.1, 0.15) is 0 Å². The molecule has 76 valence electrons. The number of carbonyl (C=O) groups is 1. The van der Waals surface area contributed by atoms with E-state index in [0.29, 0.717) is 5.02 Å². The summed E-state index contributed by atoms with van der Waals surface area (Å²) in [5.74, 6) is -0.461. The summed E-state index contributed by atoms with van der Waals surface area (Å²) in [5.41, 5.74) is 1.60. The van der Waals surface area contributed by atoms with Gasteiger partial charge >= 0.3 is 5.97 Å². The van der Waals surface area contributed by atoms with Gasteiger partial charge in [0.15, 0.2) is 5.38 Å². The molecule has 0 aromatic heterocycles. The van der Waals surface area contributed by atoms with E-state index in [9.17, 15) is 4.79 Å². The maximum Gasteiger partial charge on any atom is 0.328 e. The largest absolute Gasteiger partial charge is 0.468 e. The lowest BCUT2D eigenvalue weighted by Crippen LogP contribution is -2.09. The topological polar surface area (TPSA) is 26.3 Å². The van der Waals surface area contributed by atoms with Crippen LogP contribution in [0.1, 0.15) is 16.5 Å². The van der Waals surface area contributed by atoms with Gasteiger partial charge in [-0.3, -0.25) is 4.79 Å². The van der Waals surface area contributed by atoms with E-state index in [1.165, 1.54) is 7.11 Å². The van der Waals surface area contributed by atoms with Crippen molar-refractivity contribution in [1.29, 1.82) is 0 Å². The molecule has 0 heterocycles. The molecular formula is C10H10Cl2O2. The molecule has 0 radical (unpaired) electrons. The van der Waals surface area contributed by atoms with Crippen LogP contribution in [0.25, 0.3) is 0 Å². The average Bonchev–Trinajstić information content (AvgIpc) is 2.15. The second-order valence-electron chi connectivity index (χ2n) is 2.89. The lowest BCUT2D eigenvalue weighted by Gasteiger charge is -2.10. The molecule has 0 saturated heterocycles. The number of alkyl halides is 1. The van der Waals surface area contributed by atoms with Crippen molar-refractivity contribution in [3.63, 3.8) is 0 Å². The Morgan fingerprint density at radius 3 is 2.64 bits per heavy atom. The first kappa shape index (κ1) is 11.3. The summed E-state index contributed by atoms with van der Waals surface area (Å²) in [6.45, 7) is 1.85. The maximum atomic E-state index is 11.2. The fraction of sp³-hybridized carbons (Fsp3) is 0.300. The van der Waals surface area contributed by atoms with Gasteiger partial charge < -0.3 is 4.74 Å². The quantitative estimate of drug-likeness (QED) is 0.579. The van der Waals surface area contributed by atoms with Gasteiger partial charge in [0.25, 0.3) is 0 Å². The van der Waals surface area contributed by atoms with Gasteiger partial charge in [-0.1, -0.05) is 17.7 Å². The molecule has 0 spiro atoms. The predicted octanol–water partition coefficient (Wildman–Crippen LogP) is 3.10. The number of esters is 1. The first-order valence-electron chi connectivity index (χ1n) is 4.04. The molecule has 1 atom stereocenters. The molecule has 0 N–H and O–H groups in total. The third-order valence-electron chi connectivity index (χ3n) is 1.91. The summed E-state index contributed by atoms with van der Waals surface area (Å²) < 4.78 is 4.55. The molecule has 2 nitrogen and oxygen atoms in total. The number of rotatable bonds is 2. The highest BCUT2D eigenvalue weighted by atomic mass is 35.5. The third kappa shape index (κ3) is 2.40. The second kappa shape index (κ2) is 4.67. The van der Waals surface area contributed by atoms with Crippen molar-refractivity contribution in [3.05, 3.63) is 34.3 Å². The zero-order chi connectivity index (χ0) is 10.7. The monoisotopic (exact) mass is 232 g/mol. The van der Waals surface area contributed by atoms with Crippen molar-refractivity contribution in [1.82, 2.24) is 0 Å². The normalized spacial score (nSPS) is 12.3. The predicted molar refractivity (Wildman–Crippen MR) is 56.8 cm³/mol. The zero-order valence-corrected chi connectivity index (χ0v) is 9.39. The van der Waals surface area contributed by atoms with Crippen molar-refractivity contribution in [3.8, 4) is 0 Å². The number of aryl methyl sites for hydroxylation is 1. The van der Waals surface area contributed by atoms with Crippen molar-refractivity contribution in [2.45, 2.75) is 12.3 Å². The molecule has 0 bridgehead atoms. The lowest BCUT2D eigenvalue weighted by atomic mass is 10.1. The number of hydrogen-bond donors (Lipinski definition) is 0. The number of benzene rings is 1. The van der Waals surface area contributed by atoms with Gasteiger partial charge in [-0.05, 0) is 30.2 Å². The Bertz CT molecular complexity index is 350. The van der Waals surface area contributed by atoms with Crippen molar-refractivity contribution in [2.24, 2.45) is 0 Å². The van der Waals surface area contributed by atoms with E-state index in [1.807, 2.05) is 6.92 Å². The maximum absolute atomic E-state index is 11.2. The third-order valence-corrected chi connectivity index (χ3v) is 2.56. The van der Waals surface area contributed by atoms with E-state index in [1.54, 1.807) is 18.2 Å². The number of halogens is 2. The Balaban J connectivity index is 3.01. The highest BCUT2D eigenvalue weighted by molar-refractivity contribution is 6.31. The summed E-state index contributed by atoms with van der Waals surface area (Å²) in [4.78, 5) is 11.2. The van der Waals surface area contributed by atoms with Crippen LogP contribution < -0.4 is 0 Å². The number of carbonyl (C=O) groups excluding carboxylic acids is 1. The second-order valence-corrected chi connectivity index (χ2v) is 3.76. The van der Waals surface area contributed by atoms with Gasteiger partial charge in [-0.25, -0.2) is 0 Å². The highest BCUT2D eigenvalue weighted by Crippen LogP contribution is 2.26. The van der Waals surface area contributed by atoms with Gasteiger partial charge in [0.05, 0.1) is 7.11 Å². The van der Waals surface area contributed by atoms with Crippen LogP contribution in [0, 0.1) is 6.92 Å². The number of ether oxygens (including phenoxy) is 1. The molecule has 14 heavy (non-hydrogen) atoms. The molecule has 0 saturated carbocycles. The Morgan fingerprint density at radius 1 is 1.50 bits per heavy atom. The molecule has 0 aliphatic rings. The van der Waals surface area contributed by atoms with E-state index in [-0.39, 0.29) is 0 Å².